The van der Waals surface area contributed by atoms with Gasteiger partial charge in [-0.1, -0.05) is 32.1 Å². The molecule has 0 N–H and O–H groups in total. The average molecular weight is 260 g/mol. The Balaban J connectivity index is 2.12. The van der Waals surface area contributed by atoms with Crippen LogP contribution in [0.1, 0.15) is 31.4 Å². The van der Waals surface area contributed by atoms with E-state index < -0.39 is 0 Å². The molecule has 1 aliphatic heterocycles. The first kappa shape index (κ1) is 13.7. The predicted molar refractivity (Wildman–Crippen MR) is 82.1 cm³/mol. The molecule has 1 radical (unpaired) electrons. The van der Waals surface area contributed by atoms with E-state index in [4.69, 9.17) is 0 Å². The van der Waals surface area contributed by atoms with Crippen LogP contribution in [0.5, 0.6) is 0 Å². The zero-order chi connectivity index (χ0) is 13.1. The minimum Gasteiger partial charge on any atom is -0.299 e. The molecule has 2 rings (SSSR count). The van der Waals surface area contributed by atoms with Crippen molar-refractivity contribution in [1.29, 1.82) is 0 Å². The van der Waals surface area contributed by atoms with Gasteiger partial charge in [0, 0.05) is 24.5 Å². The van der Waals surface area contributed by atoms with E-state index in [-0.39, 0.29) is 0 Å². The molecule has 1 heterocycles. The van der Waals surface area contributed by atoms with Crippen LogP contribution < -0.4 is 0 Å². The number of hydrogen-bond donors (Lipinski definition) is 1. The number of nitrogens with zero attached hydrogens (tertiary/aromatic N) is 1. The van der Waals surface area contributed by atoms with E-state index in [1.165, 1.54) is 22.6 Å². The summed E-state index contributed by atoms with van der Waals surface area (Å²) in [6.45, 7) is 9.91. The van der Waals surface area contributed by atoms with E-state index in [0.717, 1.165) is 31.0 Å². The van der Waals surface area contributed by atoms with Gasteiger partial charge in [-0.25, -0.2) is 0 Å². The fourth-order valence-electron chi connectivity index (χ4n) is 2.52. The zero-order valence-electron chi connectivity index (χ0n) is 11.5. The third-order valence-electron chi connectivity index (χ3n) is 3.48. The lowest BCUT2D eigenvalue weighted by atomic mass is 9.95. The highest BCUT2D eigenvalue weighted by atomic mass is 32.1. The van der Waals surface area contributed by atoms with Crippen LogP contribution in [-0.4, -0.2) is 24.5 Å². The van der Waals surface area contributed by atoms with Crippen LogP contribution in [0.3, 0.4) is 0 Å². The molecule has 1 nitrogen and oxygen atoms in total. The predicted octanol–water partition coefficient (Wildman–Crippen LogP) is 3.99. The van der Waals surface area contributed by atoms with Crippen molar-refractivity contribution in [3.63, 3.8) is 0 Å². The number of rotatable bonds is 3. The molecule has 0 saturated heterocycles. The van der Waals surface area contributed by atoms with Crippen molar-refractivity contribution >= 4 is 18.2 Å². The van der Waals surface area contributed by atoms with Gasteiger partial charge < -0.3 is 0 Å². The Kier molecular flexibility index (Phi) is 4.52. The number of hydrogen-bond acceptors (Lipinski definition) is 2. The highest BCUT2D eigenvalue weighted by Crippen LogP contribution is 2.28. The quantitative estimate of drug-likeness (QED) is 0.804. The van der Waals surface area contributed by atoms with E-state index in [1.54, 1.807) is 0 Å². The standard InChI is InChI=1S/C16H22NS/c1-12(2)11-17-9-7-14(8-10-17)15-5-4-6-16(18)13(15)3/h4-7,18H,8-11H2,1-3H3. The van der Waals surface area contributed by atoms with Gasteiger partial charge in [-0.2, -0.15) is 0 Å². The second-order valence-electron chi connectivity index (χ2n) is 5.37. The third-order valence-corrected chi connectivity index (χ3v) is 3.97. The normalized spacial score (nSPS) is 17.1. The minimum absolute atomic E-state index is 1.07. The van der Waals surface area contributed by atoms with Gasteiger partial charge in [-0.15, -0.1) is 12.6 Å². The summed E-state index contributed by atoms with van der Waals surface area (Å²) in [5, 5.41) is 0. The highest BCUT2D eigenvalue weighted by molar-refractivity contribution is 7.80. The fourth-order valence-corrected chi connectivity index (χ4v) is 2.72. The Bertz CT molecular complexity index is 448. The summed E-state index contributed by atoms with van der Waals surface area (Å²) in [4.78, 5) is 3.59. The average Bonchev–Trinajstić information content (AvgIpc) is 2.33. The second kappa shape index (κ2) is 5.94. The minimum atomic E-state index is 1.07. The highest BCUT2D eigenvalue weighted by Gasteiger charge is 2.15. The molecule has 0 aliphatic carbocycles. The Labute approximate surface area is 116 Å². The first-order chi connectivity index (χ1) is 8.58. The Morgan fingerprint density at radius 2 is 2.11 bits per heavy atom. The maximum Gasteiger partial charge on any atom is 0.0169 e. The smallest absolute Gasteiger partial charge is 0.0169 e. The molecule has 0 amide bonds. The van der Waals surface area contributed by atoms with E-state index in [2.05, 4.69) is 62.6 Å². The molecule has 18 heavy (non-hydrogen) atoms. The van der Waals surface area contributed by atoms with Crippen molar-refractivity contribution in [2.24, 2.45) is 0 Å². The van der Waals surface area contributed by atoms with Crippen LogP contribution in [0.4, 0.5) is 0 Å². The Morgan fingerprint density at radius 1 is 1.33 bits per heavy atom. The van der Waals surface area contributed by atoms with Crippen molar-refractivity contribution in [1.82, 2.24) is 4.90 Å². The van der Waals surface area contributed by atoms with Crippen LogP contribution in [0.2, 0.25) is 0 Å². The van der Waals surface area contributed by atoms with Gasteiger partial charge in [0.25, 0.3) is 0 Å². The monoisotopic (exact) mass is 260 g/mol. The molecule has 0 saturated carbocycles. The van der Waals surface area contributed by atoms with Gasteiger partial charge in [0.15, 0.2) is 0 Å². The van der Waals surface area contributed by atoms with Crippen molar-refractivity contribution < 1.29 is 0 Å². The molecule has 97 valence electrons. The Hall–Kier alpha value is -0.730. The van der Waals surface area contributed by atoms with Gasteiger partial charge >= 0.3 is 0 Å². The summed E-state index contributed by atoms with van der Waals surface area (Å²) >= 11 is 4.51. The van der Waals surface area contributed by atoms with E-state index in [1.807, 2.05) is 0 Å². The molecule has 0 aromatic heterocycles. The van der Waals surface area contributed by atoms with Crippen LogP contribution in [0, 0.1) is 12.8 Å². The molecular formula is C16H22NS. The summed E-state index contributed by atoms with van der Waals surface area (Å²) in [6.07, 6.45) is 3.52. The lowest BCUT2D eigenvalue weighted by molar-refractivity contribution is 0.313. The molecule has 0 atom stereocenters. The molecule has 1 aromatic rings. The Morgan fingerprint density at radius 3 is 2.72 bits per heavy atom. The van der Waals surface area contributed by atoms with Gasteiger partial charge in [0.2, 0.25) is 0 Å². The lowest BCUT2D eigenvalue weighted by Gasteiger charge is -2.28. The molecule has 0 bridgehead atoms. The van der Waals surface area contributed by atoms with E-state index in [0.29, 0.717) is 0 Å². The summed E-state index contributed by atoms with van der Waals surface area (Å²) in [5.41, 5.74) is 4.16. The lowest BCUT2D eigenvalue weighted by Crippen LogP contribution is -2.31. The van der Waals surface area contributed by atoms with Crippen LogP contribution in [-0.2, 0) is 0 Å². The number of benzene rings is 1. The zero-order valence-corrected chi connectivity index (χ0v) is 12.4. The summed E-state index contributed by atoms with van der Waals surface area (Å²) < 4.78 is 0. The summed E-state index contributed by atoms with van der Waals surface area (Å²) in [6, 6.07) is 6.38. The van der Waals surface area contributed by atoms with E-state index in [9.17, 15) is 0 Å². The van der Waals surface area contributed by atoms with Crippen molar-refractivity contribution in [2.75, 3.05) is 19.6 Å². The fraction of sp³-hybridized carbons (Fsp3) is 0.438. The van der Waals surface area contributed by atoms with E-state index >= 15 is 0 Å². The molecule has 1 aromatic carbocycles. The molecule has 1 aliphatic rings. The topological polar surface area (TPSA) is 3.24 Å². The van der Waals surface area contributed by atoms with Crippen molar-refractivity contribution in [3.05, 3.63) is 41.3 Å². The SMILES string of the molecule is C[C](C)CN1CC=C(c2cccc(S)c2C)CC1. The molecule has 0 unspecified atom stereocenters. The van der Waals surface area contributed by atoms with Gasteiger partial charge in [-0.05, 0) is 42.0 Å². The first-order valence-corrected chi connectivity index (χ1v) is 7.02. The summed E-state index contributed by atoms with van der Waals surface area (Å²) in [5.74, 6) is 1.49. The molecule has 2 heteroatoms. The molecular weight excluding hydrogens is 238 g/mol. The summed E-state index contributed by atoms with van der Waals surface area (Å²) in [7, 11) is 0. The van der Waals surface area contributed by atoms with Crippen LogP contribution in [0.25, 0.3) is 5.57 Å². The first-order valence-electron chi connectivity index (χ1n) is 6.57. The van der Waals surface area contributed by atoms with Crippen LogP contribution in [0.15, 0.2) is 29.2 Å². The van der Waals surface area contributed by atoms with Gasteiger partial charge in [0.1, 0.15) is 0 Å². The maximum absolute atomic E-state index is 4.51. The molecule has 0 fully saturated rings. The third kappa shape index (κ3) is 3.18. The van der Waals surface area contributed by atoms with Crippen LogP contribution >= 0.6 is 12.6 Å². The van der Waals surface area contributed by atoms with Crippen molar-refractivity contribution in [2.45, 2.75) is 32.1 Å². The maximum atomic E-state index is 4.51. The molecule has 0 spiro atoms. The second-order valence-corrected chi connectivity index (χ2v) is 5.85. The number of thiol groups is 1. The largest absolute Gasteiger partial charge is 0.299 e. The van der Waals surface area contributed by atoms with Crippen molar-refractivity contribution in [3.8, 4) is 0 Å². The van der Waals surface area contributed by atoms with Gasteiger partial charge in [-0.3, -0.25) is 4.90 Å². The van der Waals surface area contributed by atoms with Gasteiger partial charge in [0.05, 0.1) is 0 Å².